The summed E-state index contributed by atoms with van der Waals surface area (Å²) >= 11 is 1.53. The van der Waals surface area contributed by atoms with Gasteiger partial charge in [-0.3, -0.25) is 4.79 Å². The van der Waals surface area contributed by atoms with Gasteiger partial charge >= 0.3 is 0 Å². The standard InChI is InChI=1S/C16H14N2O3S/c1-10-5-6-13(20-2)11(8-10)17-16(19)12-9-14(21-18-12)15-4-3-7-22-15/h3-9H,1-2H3,(H,17,19). The Morgan fingerprint density at radius 2 is 2.18 bits per heavy atom. The second-order valence-corrected chi connectivity index (χ2v) is 5.66. The average molecular weight is 314 g/mol. The Kier molecular flexibility index (Phi) is 3.93. The number of rotatable bonds is 4. The summed E-state index contributed by atoms with van der Waals surface area (Å²) in [4.78, 5) is 13.2. The van der Waals surface area contributed by atoms with Crippen LogP contribution in [0.5, 0.6) is 5.75 Å². The highest BCUT2D eigenvalue weighted by molar-refractivity contribution is 7.13. The monoisotopic (exact) mass is 314 g/mol. The summed E-state index contributed by atoms with van der Waals surface area (Å²) in [6, 6.07) is 11.0. The van der Waals surface area contributed by atoms with Crippen LogP contribution in [0.3, 0.4) is 0 Å². The minimum atomic E-state index is -0.338. The molecule has 1 N–H and O–H groups in total. The van der Waals surface area contributed by atoms with E-state index in [1.165, 1.54) is 11.3 Å². The molecule has 3 rings (SSSR count). The number of ether oxygens (including phenoxy) is 1. The molecular formula is C16H14N2O3S. The van der Waals surface area contributed by atoms with Gasteiger partial charge in [-0.2, -0.15) is 0 Å². The van der Waals surface area contributed by atoms with Crippen LogP contribution in [0.25, 0.3) is 10.6 Å². The zero-order chi connectivity index (χ0) is 15.5. The molecule has 0 radical (unpaired) electrons. The number of nitrogens with zero attached hydrogens (tertiary/aromatic N) is 1. The SMILES string of the molecule is COc1ccc(C)cc1NC(=O)c1cc(-c2cccs2)on1. The number of hydrogen-bond acceptors (Lipinski definition) is 5. The summed E-state index contributed by atoms with van der Waals surface area (Å²) < 4.78 is 10.5. The zero-order valence-corrected chi connectivity index (χ0v) is 12.9. The fourth-order valence-electron chi connectivity index (χ4n) is 2.02. The van der Waals surface area contributed by atoms with Crippen molar-refractivity contribution in [3.8, 4) is 16.4 Å². The molecule has 1 amide bonds. The van der Waals surface area contributed by atoms with Crippen LogP contribution < -0.4 is 10.1 Å². The van der Waals surface area contributed by atoms with E-state index < -0.39 is 0 Å². The van der Waals surface area contributed by atoms with Crippen molar-refractivity contribution in [2.24, 2.45) is 0 Å². The third-order valence-corrected chi connectivity index (χ3v) is 3.99. The van der Waals surface area contributed by atoms with Crippen molar-refractivity contribution in [3.63, 3.8) is 0 Å². The van der Waals surface area contributed by atoms with Crippen molar-refractivity contribution < 1.29 is 14.1 Å². The summed E-state index contributed by atoms with van der Waals surface area (Å²) in [5, 5.41) is 8.56. The molecule has 0 aliphatic rings. The molecular weight excluding hydrogens is 300 g/mol. The Balaban J connectivity index is 1.82. The van der Waals surface area contributed by atoms with Gasteiger partial charge in [-0.1, -0.05) is 17.3 Å². The molecule has 1 aromatic carbocycles. The highest BCUT2D eigenvalue weighted by atomic mass is 32.1. The number of methoxy groups -OCH3 is 1. The van der Waals surface area contributed by atoms with Gasteiger partial charge in [0.1, 0.15) is 5.75 Å². The van der Waals surface area contributed by atoms with Crippen LogP contribution in [0.4, 0.5) is 5.69 Å². The molecule has 0 saturated heterocycles. The number of carbonyl (C=O) groups is 1. The van der Waals surface area contributed by atoms with Crippen molar-refractivity contribution in [2.75, 3.05) is 12.4 Å². The van der Waals surface area contributed by atoms with Gasteiger partial charge in [-0.05, 0) is 36.1 Å². The number of amides is 1. The van der Waals surface area contributed by atoms with Gasteiger partial charge in [-0.15, -0.1) is 11.3 Å². The number of carbonyl (C=O) groups excluding carboxylic acids is 1. The number of hydrogen-bond donors (Lipinski definition) is 1. The van der Waals surface area contributed by atoms with Crippen LogP contribution >= 0.6 is 11.3 Å². The third kappa shape index (κ3) is 2.87. The largest absolute Gasteiger partial charge is 0.495 e. The molecule has 112 valence electrons. The molecule has 2 heterocycles. The minimum Gasteiger partial charge on any atom is -0.495 e. The Morgan fingerprint density at radius 1 is 1.32 bits per heavy atom. The second kappa shape index (κ2) is 6.03. The number of nitrogens with one attached hydrogen (secondary N) is 1. The van der Waals surface area contributed by atoms with Gasteiger partial charge in [-0.25, -0.2) is 0 Å². The smallest absolute Gasteiger partial charge is 0.277 e. The van der Waals surface area contributed by atoms with Crippen LogP contribution in [0, 0.1) is 6.92 Å². The Bertz CT molecular complexity index is 794. The van der Waals surface area contributed by atoms with Crippen LogP contribution in [-0.4, -0.2) is 18.2 Å². The lowest BCUT2D eigenvalue weighted by Crippen LogP contribution is -2.13. The molecule has 6 heteroatoms. The van der Waals surface area contributed by atoms with Crippen molar-refractivity contribution >= 4 is 22.9 Å². The Morgan fingerprint density at radius 3 is 2.91 bits per heavy atom. The zero-order valence-electron chi connectivity index (χ0n) is 12.1. The van der Waals surface area contributed by atoms with Gasteiger partial charge in [0.05, 0.1) is 17.7 Å². The third-order valence-electron chi connectivity index (χ3n) is 3.11. The van der Waals surface area contributed by atoms with Gasteiger partial charge < -0.3 is 14.6 Å². The van der Waals surface area contributed by atoms with Crippen molar-refractivity contribution in [1.82, 2.24) is 5.16 Å². The van der Waals surface area contributed by atoms with Gasteiger partial charge in [0.2, 0.25) is 0 Å². The number of aryl methyl sites for hydroxylation is 1. The normalized spacial score (nSPS) is 10.5. The first kappa shape index (κ1) is 14.3. The van der Waals surface area contributed by atoms with Crippen LogP contribution in [0.2, 0.25) is 0 Å². The first-order valence-corrected chi connectivity index (χ1v) is 7.52. The van der Waals surface area contributed by atoms with E-state index in [1.54, 1.807) is 13.2 Å². The lowest BCUT2D eigenvalue weighted by Gasteiger charge is -2.09. The predicted molar refractivity (Wildman–Crippen MR) is 85.5 cm³/mol. The van der Waals surface area contributed by atoms with Crippen LogP contribution in [-0.2, 0) is 0 Å². The fraction of sp³-hybridized carbons (Fsp3) is 0.125. The molecule has 0 unspecified atom stereocenters. The molecule has 5 nitrogen and oxygen atoms in total. The number of aromatic nitrogens is 1. The average Bonchev–Trinajstić information content (AvgIpc) is 3.18. The highest BCUT2D eigenvalue weighted by Crippen LogP contribution is 2.27. The van der Waals surface area contributed by atoms with Crippen molar-refractivity contribution in [1.29, 1.82) is 0 Å². The maximum atomic E-state index is 12.3. The molecule has 3 aromatic rings. The predicted octanol–water partition coefficient (Wildman–Crippen LogP) is 3.97. The first-order valence-electron chi connectivity index (χ1n) is 6.64. The lowest BCUT2D eigenvalue weighted by molar-refractivity contribution is 0.101. The molecule has 0 bridgehead atoms. The van der Waals surface area contributed by atoms with Crippen molar-refractivity contribution in [3.05, 3.63) is 53.0 Å². The molecule has 0 spiro atoms. The topological polar surface area (TPSA) is 64.4 Å². The lowest BCUT2D eigenvalue weighted by atomic mass is 10.2. The Hall–Kier alpha value is -2.60. The number of anilines is 1. The van der Waals surface area contributed by atoms with Gasteiger partial charge in [0.25, 0.3) is 5.91 Å². The maximum Gasteiger partial charge on any atom is 0.277 e. The summed E-state index contributed by atoms with van der Waals surface area (Å²) in [6.45, 7) is 1.94. The highest BCUT2D eigenvalue weighted by Gasteiger charge is 2.16. The van der Waals surface area contributed by atoms with Crippen LogP contribution in [0.1, 0.15) is 16.1 Å². The van der Waals surface area contributed by atoms with E-state index in [0.29, 0.717) is 17.2 Å². The molecule has 22 heavy (non-hydrogen) atoms. The van der Waals surface area contributed by atoms with E-state index in [2.05, 4.69) is 10.5 Å². The van der Waals surface area contributed by atoms with E-state index in [-0.39, 0.29) is 11.6 Å². The molecule has 2 aromatic heterocycles. The van der Waals surface area contributed by atoms with E-state index in [1.807, 2.05) is 42.6 Å². The summed E-state index contributed by atoms with van der Waals surface area (Å²) in [5.41, 5.74) is 1.86. The summed E-state index contributed by atoms with van der Waals surface area (Å²) in [6.07, 6.45) is 0. The first-order chi connectivity index (χ1) is 10.7. The summed E-state index contributed by atoms with van der Waals surface area (Å²) in [5.74, 6) is 0.840. The van der Waals surface area contributed by atoms with E-state index in [4.69, 9.17) is 9.26 Å². The minimum absolute atomic E-state index is 0.229. The molecule has 0 saturated carbocycles. The molecule has 0 aliphatic heterocycles. The molecule has 0 fully saturated rings. The summed E-state index contributed by atoms with van der Waals surface area (Å²) in [7, 11) is 1.56. The second-order valence-electron chi connectivity index (χ2n) is 4.71. The number of benzene rings is 1. The van der Waals surface area contributed by atoms with Crippen LogP contribution in [0.15, 0.2) is 46.3 Å². The Labute approximate surface area is 131 Å². The molecule has 0 aliphatic carbocycles. The van der Waals surface area contributed by atoms with E-state index >= 15 is 0 Å². The van der Waals surface area contributed by atoms with Gasteiger partial charge in [0, 0.05) is 6.07 Å². The maximum absolute atomic E-state index is 12.3. The van der Waals surface area contributed by atoms with E-state index in [0.717, 1.165) is 10.4 Å². The molecule has 0 atom stereocenters. The number of thiophene rings is 1. The van der Waals surface area contributed by atoms with Gasteiger partial charge in [0.15, 0.2) is 11.5 Å². The fourth-order valence-corrected chi connectivity index (χ4v) is 2.70. The van der Waals surface area contributed by atoms with E-state index in [9.17, 15) is 4.79 Å². The van der Waals surface area contributed by atoms with Crippen molar-refractivity contribution in [2.45, 2.75) is 6.92 Å². The quantitative estimate of drug-likeness (QED) is 0.791.